The van der Waals surface area contributed by atoms with Gasteiger partial charge in [-0.2, -0.15) is 0 Å². The smallest absolute Gasteiger partial charge is 0.141 e. The van der Waals surface area contributed by atoms with Crippen molar-refractivity contribution >= 4 is 0 Å². The molecule has 2 nitrogen and oxygen atoms in total. The zero-order chi connectivity index (χ0) is 10.4. The zero-order valence-electron chi connectivity index (χ0n) is 8.00. The molecule has 3 heteroatoms. The molecule has 0 aromatic carbocycles. The lowest BCUT2D eigenvalue weighted by Gasteiger charge is -2.06. The molecule has 14 heavy (non-hydrogen) atoms. The van der Waals surface area contributed by atoms with E-state index < -0.39 is 11.9 Å². The van der Waals surface area contributed by atoms with E-state index in [1.807, 2.05) is 0 Å². The minimum atomic E-state index is -0.656. The Hall–Kier alpha value is -1.40. The second-order valence-electron chi connectivity index (χ2n) is 2.88. The lowest BCUT2D eigenvalue weighted by atomic mass is 10.1. The lowest BCUT2D eigenvalue weighted by Crippen LogP contribution is -1.99. The second-order valence-corrected chi connectivity index (χ2v) is 2.88. The highest BCUT2D eigenvalue weighted by Crippen LogP contribution is 2.15. The number of pyridine rings is 1. The summed E-state index contributed by atoms with van der Waals surface area (Å²) in [6, 6.07) is 2.77. The molecule has 0 aliphatic rings. The SMILES string of the molecule is CC#CCCC(O)c1ccc(F)cn1. The van der Waals surface area contributed by atoms with Gasteiger partial charge in [0.2, 0.25) is 0 Å². The number of aliphatic hydroxyl groups excluding tert-OH is 1. The second kappa shape index (κ2) is 5.36. The Labute approximate surface area is 82.8 Å². The topological polar surface area (TPSA) is 33.1 Å². The number of rotatable bonds is 3. The first-order valence-corrected chi connectivity index (χ1v) is 4.43. The van der Waals surface area contributed by atoms with Gasteiger partial charge in [-0.3, -0.25) is 4.98 Å². The van der Waals surface area contributed by atoms with Gasteiger partial charge in [0.15, 0.2) is 0 Å². The van der Waals surface area contributed by atoms with E-state index in [4.69, 9.17) is 0 Å². The van der Waals surface area contributed by atoms with Crippen LogP contribution in [0.3, 0.4) is 0 Å². The number of aromatic nitrogens is 1. The van der Waals surface area contributed by atoms with Crippen LogP contribution in [-0.4, -0.2) is 10.1 Å². The Balaban J connectivity index is 2.54. The minimum Gasteiger partial charge on any atom is -0.387 e. The van der Waals surface area contributed by atoms with Crippen molar-refractivity contribution in [3.8, 4) is 11.8 Å². The molecule has 0 fully saturated rings. The van der Waals surface area contributed by atoms with Crippen LogP contribution >= 0.6 is 0 Å². The van der Waals surface area contributed by atoms with E-state index in [-0.39, 0.29) is 0 Å². The molecule has 0 spiro atoms. The summed E-state index contributed by atoms with van der Waals surface area (Å²) >= 11 is 0. The van der Waals surface area contributed by atoms with Gasteiger partial charge in [-0.15, -0.1) is 11.8 Å². The maximum atomic E-state index is 12.5. The van der Waals surface area contributed by atoms with Gasteiger partial charge in [0.05, 0.1) is 18.0 Å². The number of hydrogen-bond acceptors (Lipinski definition) is 2. The first-order valence-electron chi connectivity index (χ1n) is 4.43. The highest BCUT2D eigenvalue weighted by molar-refractivity contribution is 5.08. The van der Waals surface area contributed by atoms with Crippen molar-refractivity contribution < 1.29 is 9.50 Å². The van der Waals surface area contributed by atoms with Gasteiger partial charge < -0.3 is 5.11 Å². The van der Waals surface area contributed by atoms with Crippen LogP contribution in [0.1, 0.15) is 31.6 Å². The molecule has 74 valence electrons. The summed E-state index contributed by atoms with van der Waals surface area (Å²) in [5.74, 6) is 5.20. The molecule has 1 N–H and O–H groups in total. The van der Waals surface area contributed by atoms with Crippen LogP contribution in [0.4, 0.5) is 4.39 Å². The fraction of sp³-hybridized carbons (Fsp3) is 0.364. The van der Waals surface area contributed by atoms with E-state index in [1.54, 1.807) is 6.92 Å². The van der Waals surface area contributed by atoms with Crippen molar-refractivity contribution in [3.63, 3.8) is 0 Å². The van der Waals surface area contributed by atoms with Crippen LogP contribution in [0.15, 0.2) is 18.3 Å². The summed E-state index contributed by atoms with van der Waals surface area (Å²) in [5, 5.41) is 9.59. The summed E-state index contributed by atoms with van der Waals surface area (Å²) in [6.45, 7) is 1.75. The van der Waals surface area contributed by atoms with Gasteiger partial charge in [0.25, 0.3) is 0 Å². The van der Waals surface area contributed by atoms with Crippen LogP contribution in [0.25, 0.3) is 0 Å². The number of nitrogens with zero attached hydrogens (tertiary/aromatic N) is 1. The standard InChI is InChI=1S/C11H12FNO/c1-2-3-4-5-11(14)10-7-6-9(12)8-13-10/h6-8,11,14H,4-5H2,1H3. The molecule has 1 aromatic rings. The number of hydrogen-bond donors (Lipinski definition) is 1. The summed E-state index contributed by atoms with van der Waals surface area (Å²) in [6.07, 6.45) is 1.59. The molecule has 0 bridgehead atoms. The van der Waals surface area contributed by atoms with E-state index in [0.29, 0.717) is 18.5 Å². The van der Waals surface area contributed by atoms with Gasteiger partial charge in [-0.05, 0) is 25.5 Å². The zero-order valence-corrected chi connectivity index (χ0v) is 8.00. The molecule has 1 heterocycles. The fourth-order valence-corrected chi connectivity index (χ4v) is 1.07. The average molecular weight is 193 g/mol. The third kappa shape index (κ3) is 3.15. The summed E-state index contributed by atoms with van der Waals surface area (Å²) in [4.78, 5) is 3.78. The normalized spacial score (nSPS) is 11.6. The van der Waals surface area contributed by atoms with Crippen molar-refractivity contribution in [1.82, 2.24) is 4.98 Å². The van der Waals surface area contributed by atoms with Crippen LogP contribution in [0.2, 0.25) is 0 Å². The van der Waals surface area contributed by atoms with E-state index in [1.165, 1.54) is 12.1 Å². The predicted octanol–water partition coefficient (Wildman–Crippen LogP) is 2.06. The molecule has 0 saturated heterocycles. The maximum Gasteiger partial charge on any atom is 0.141 e. The Morgan fingerprint density at radius 3 is 2.93 bits per heavy atom. The molecule has 0 radical (unpaired) electrons. The largest absolute Gasteiger partial charge is 0.387 e. The van der Waals surface area contributed by atoms with Gasteiger partial charge in [0, 0.05) is 6.42 Å². The first-order chi connectivity index (χ1) is 6.74. The maximum absolute atomic E-state index is 12.5. The monoisotopic (exact) mass is 193 g/mol. The highest BCUT2D eigenvalue weighted by Gasteiger charge is 2.07. The molecule has 0 aliphatic carbocycles. The average Bonchev–Trinajstić information content (AvgIpc) is 2.19. The Morgan fingerprint density at radius 2 is 2.36 bits per heavy atom. The Morgan fingerprint density at radius 1 is 1.57 bits per heavy atom. The number of halogens is 1. The van der Waals surface area contributed by atoms with Crippen molar-refractivity contribution in [3.05, 3.63) is 29.8 Å². The van der Waals surface area contributed by atoms with E-state index in [2.05, 4.69) is 16.8 Å². The van der Waals surface area contributed by atoms with Gasteiger partial charge in [-0.25, -0.2) is 4.39 Å². The Kier molecular flexibility index (Phi) is 4.09. The van der Waals surface area contributed by atoms with Gasteiger partial charge in [-0.1, -0.05) is 0 Å². The van der Waals surface area contributed by atoms with E-state index >= 15 is 0 Å². The van der Waals surface area contributed by atoms with Crippen LogP contribution in [-0.2, 0) is 0 Å². The van der Waals surface area contributed by atoms with Crippen LogP contribution < -0.4 is 0 Å². The first kappa shape index (κ1) is 10.7. The molecule has 1 aromatic heterocycles. The van der Waals surface area contributed by atoms with Gasteiger partial charge in [0.1, 0.15) is 5.82 Å². The molecule has 0 saturated carbocycles. The van der Waals surface area contributed by atoms with Crippen molar-refractivity contribution in [2.24, 2.45) is 0 Å². The molecule has 1 rings (SSSR count). The molecular formula is C11H12FNO. The third-order valence-corrected chi connectivity index (χ3v) is 1.81. The van der Waals surface area contributed by atoms with Crippen LogP contribution in [0, 0.1) is 17.7 Å². The van der Waals surface area contributed by atoms with Crippen molar-refractivity contribution in [2.45, 2.75) is 25.9 Å². The highest BCUT2D eigenvalue weighted by atomic mass is 19.1. The third-order valence-electron chi connectivity index (χ3n) is 1.81. The Bertz CT molecular complexity index is 337. The van der Waals surface area contributed by atoms with Crippen molar-refractivity contribution in [2.75, 3.05) is 0 Å². The van der Waals surface area contributed by atoms with Crippen LogP contribution in [0.5, 0.6) is 0 Å². The number of aliphatic hydroxyl groups is 1. The minimum absolute atomic E-state index is 0.394. The van der Waals surface area contributed by atoms with Gasteiger partial charge >= 0.3 is 0 Å². The molecule has 0 aliphatic heterocycles. The van der Waals surface area contributed by atoms with Crippen molar-refractivity contribution in [1.29, 1.82) is 0 Å². The lowest BCUT2D eigenvalue weighted by molar-refractivity contribution is 0.164. The predicted molar refractivity (Wildman–Crippen MR) is 51.8 cm³/mol. The molecule has 1 atom stereocenters. The quantitative estimate of drug-likeness (QED) is 0.745. The molecule has 0 amide bonds. The fourth-order valence-electron chi connectivity index (χ4n) is 1.07. The van der Waals surface area contributed by atoms with E-state index in [9.17, 15) is 9.50 Å². The summed E-state index contributed by atoms with van der Waals surface area (Å²) in [5.41, 5.74) is 0.490. The summed E-state index contributed by atoms with van der Waals surface area (Å²) in [7, 11) is 0. The molecule has 1 unspecified atom stereocenters. The van der Waals surface area contributed by atoms with E-state index in [0.717, 1.165) is 6.20 Å². The molecular weight excluding hydrogens is 181 g/mol. The summed E-state index contributed by atoms with van der Waals surface area (Å²) < 4.78 is 12.5.